The van der Waals surface area contributed by atoms with Crippen LogP contribution in [0.1, 0.15) is 30.0 Å². The zero-order valence-corrected chi connectivity index (χ0v) is 10.6. The number of hydrogen-bond donors (Lipinski definition) is 1. The third kappa shape index (κ3) is 3.28. The van der Waals surface area contributed by atoms with Gasteiger partial charge in [-0.25, -0.2) is 4.98 Å². The summed E-state index contributed by atoms with van der Waals surface area (Å²) in [4.78, 5) is 4.16. The second kappa shape index (κ2) is 5.80. The quantitative estimate of drug-likeness (QED) is 0.884. The van der Waals surface area contributed by atoms with Gasteiger partial charge in [0.05, 0.1) is 0 Å². The molecule has 90 valence electrons. The average molecular weight is 248 g/mol. The van der Waals surface area contributed by atoms with E-state index in [4.69, 9.17) is 10.5 Å². The lowest BCUT2D eigenvalue weighted by atomic mass is 10.1. The Bertz CT molecular complexity index is 439. The highest BCUT2D eigenvalue weighted by Gasteiger charge is 2.03. The second-order valence-electron chi connectivity index (χ2n) is 3.80. The molecule has 1 atom stereocenters. The Morgan fingerprint density at radius 3 is 2.71 bits per heavy atom. The molecule has 2 aromatic rings. The molecule has 0 aliphatic rings. The summed E-state index contributed by atoms with van der Waals surface area (Å²) in [5, 5.41) is 2.93. The van der Waals surface area contributed by atoms with Gasteiger partial charge in [0, 0.05) is 17.6 Å². The number of thiazole rings is 1. The van der Waals surface area contributed by atoms with Crippen LogP contribution in [-0.2, 0) is 6.61 Å². The van der Waals surface area contributed by atoms with E-state index in [1.54, 1.807) is 17.5 Å². The van der Waals surface area contributed by atoms with E-state index in [1.165, 1.54) is 0 Å². The molecule has 17 heavy (non-hydrogen) atoms. The molecular weight excluding hydrogens is 232 g/mol. The molecule has 0 radical (unpaired) electrons. The van der Waals surface area contributed by atoms with Crippen LogP contribution in [0, 0.1) is 0 Å². The highest BCUT2D eigenvalue weighted by molar-refractivity contribution is 7.09. The fourth-order valence-electron chi connectivity index (χ4n) is 1.52. The Morgan fingerprint density at radius 2 is 2.12 bits per heavy atom. The Balaban J connectivity index is 1.94. The van der Waals surface area contributed by atoms with E-state index in [-0.39, 0.29) is 6.04 Å². The zero-order chi connectivity index (χ0) is 12.1. The van der Waals surface area contributed by atoms with Crippen molar-refractivity contribution >= 4 is 11.3 Å². The van der Waals surface area contributed by atoms with Crippen LogP contribution in [0.5, 0.6) is 5.75 Å². The lowest BCUT2D eigenvalue weighted by Gasteiger charge is -2.10. The van der Waals surface area contributed by atoms with E-state index in [1.807, 2.05) is 29.6 Å². The summed E-state index contributed by atoms with van der Waals surface area (Å²) in [5.74, 6) is 0.854. The first kappa shape index (κ1) is 12.1. The molecule has 0 spiro atoms. The van der Waals surface area contributed by atoms with Gasteiger partial charge in [-0.3, -0.25) is 0 Å². The summed E-state index contributed by atoms with van der Waals surface area (Å²) in [7, 11) is 0. The molecule has 0 saturated carbocycles. The summed E-state index contributed by atoms with van der Waals surface area (Å²) < 4.78 is 5.63. The van der Waals surface area contributed by atoms with Crippen LogP contribution in [0.25, 0.3) is 0 Å². The van der Waals surface area contributed by atoms with Crippen LogP contribution in [0.15, 0.2) is 35.8 Å². The normalized spacial score (nSPS) is 12.4. The van der Waals surface area contributed by atoms with Crippen LogP contribution in [-0.4, -0.2) is 4.98 Å². The van der Waals surface area contributed by atoms with Gasteiger partial charge >= 0.3 is 0 Å². The van der Waals surface area contributed by atoms with Gasteiger partial charge in [-0.2, -0.15) is 0 Å². The van der Waals surface area contributed by atoms with Gasteiger partial charge in [-0.05, 0) is 24.1 Å². The lowest BCUT2D eigenvalue weighted by molar-refractivity contribution is 0.305. The number of benzene rings is 1. The van der Waals surface area contributed by atoms with Gasteiger partial charge < -0.3 is 10.5 Å². The van der Waals surface area contributed by atoms with Crippen molar-refractivity contribution in [2.45, 2.75) is 26.0 Å². The summed E-state index contributed by atoms with van der Waals surface area (Å²) in [6, 6.07) is 8.07. The molecule has 1 heterocycles. The van der Waals surface area contributed by atoms with E-state index < -0.39 is 0 Å². The van der Waals surface area contributed by atoms with Crippen LogP contribution < -0.4 is 10.5 Å². The third-order valence-corrected chi connectivity index (χ3v) is 3.35. The lowest BCUT2D eigenvalue weighted by Crippen LogP contribution is -2.08. The van der Waals surface area contributed by atoms with Crippen molar-refractivity contribution < 1.29 is 4.74 Å². The van der Waals surface area contributed by atoms with Gasteiger partial charge in [-0.15, -0.1) is 11.3 Å². The fraction of sp³-hybridized carbons (Fsp3) is 0.308. The fourth-order valence-corrected chi connectivity index (χ4v) is 2.04. The van der Waals surface area contributed by atoms with Crippen molar-refractivity contribution in [3.63, 3.8) is 0 Å². The summed E-state index contributed by atoms with van der Waals surface area (Å²) >= 11 is 1.60. The maximum Gasteiger partial charge on any atom is 0.140 e. The van der Waals surface area contributed by atoms with Crippen LogP contribution in [0.4, 0.5) is 0 Å². The summed E-state index contributed by atoms with van der Waals surface area (Å²) in [6.07, 6.45) is 2.73. The third-order valence-electron chi connectivity index (χ3n) is 2.59. The molecule has 1 aromatic heterocycles. The molecule has 2 N–H and O–H groups in total. The van der Waals surface area contributed by atoms with E-state index in [0.717, 1.165) is 22.7 Å². The Morgan fingerprint density at radius 1 is 1.35 bits per heavy atom. The maximum atomic E-state index is 5.95. The highest BCUT2D eigenvalue weighted by Crippen LogP contribution is 2.19. The van der Waals surface area contributed by atoms with Crippen molar-refractivity contribution in [2.24, 2.45) is 5.73 Å². The molecule has 0 saturated heterocycles. The van der Waals surface area contributed by atoms with Gasteiger partial charge in [0.15, 0.2) is 0 Å². The predicted octanol–water partition coefficient (Wildman–Crippen LogP) is 3.13. The van der Waals surface area contributed by atoms with Crippen molar-refractivity contribution in [3.8, 4) is 5.75 Å². The van der Waals surface area contributed by atoms with Crippen molar-refractivity contribution in [2.75, 3.05) is 0 Å². The SMILES string of the molecule is CCC(N)c1ccc(OCc2nccs2)cc1. The van der Waals surface area contributed by atoms with Crippen LogP contribution in [0.2, 0.25) is 0 Å². The standard InChI is InChI=1S/C13H16N2OS/c1-2-12(14)10-3-5-11(6-4-10)16-9-13-15-7-8-17-13/h3-8,12H,2,9,14H2,1H3. The Labute approximate surface area is 105 Å². The van der Waals surface area contributed by atoms with Gasteiger partial charge in [0.25, 0.3) is 0 Å². The predicted molar refractivity (Wildman–Crippen MR) is 70.1 cm³/mol. The first-order chi connectivity index (χ1) is 8.29. The zero-order valence-electron chi connectivity index (χ0n) is 9.80. The molecule has 3 nitrogen and oxygen atoms in total. The molecule has 0 bridgehead atoms. The van der Waals surface area contributed by atoms with E-state index >= 15 is 0 Å². The van der Waals surface area contributed by atoms with Crippen LogP contribution >= 0.6 is 11.3 Å². The second-order valence-corrected chi connectivity index (χ2v) is 4.78. The average Bonchev–Trinajstić information content (AvgIpc) is 2.89. The number of aromatic nitrogens is 1. The number of ether oxygens (including phenoxy) is 1. The Hall–Kier alpha value is -1.39. The molecule has 4 heteroatoms. The topological polar surface area (TPSA) is 48.1 Å². The molecule has 0 amide bonds. The van der Waals surface area contributed by atoms with Gasteiger partial charge in [0.2, 0.25) is 0 Å². The minimum absolute atomic E-state index is 0.114. The van der Waals surface area contributed by atoms with Crippen molar-refractivity contribution in [3.05, 3.63) is 46.4 Å². The number of nitrogens with two attached hydrogens (primary N) is 1. The van der Waals surface area contributed by atoms with E-state index in [2.05, 4.69) is 11.9 Å². The number of rotatable bonds is 5. The highest BCUT2D eigenvalue weighted by atomic mass is 32.1. The van der Waals surface area contributed by atoms with Crippen LogP contribution in [0.3, 0.4) is 0 Å². The van der Waals surface area contributed by atoms with Gasteiger partial charge in [-0.1, -0.05) is 19.1 Å². The first-order valence-electron chi connectivity index (χ1n) is 5.66. The monoisotopic (exact) mass is 248 g/mol. The van der Waals surface area contributed by atoms with E-state index in [9.17, 15) is 0 Å². The van der Waals surface area contributed by atoms with Gasteiger partial charge in [0.1, 0.15) is 17.4 Å². The molecule has 0 aliphatic carbocycles. The summed E-state index contributed by atoms with van der Waals surface area (Å²) in [5.41, 5.74) is 7.09. The molecule has 1 unspecified atom stereocenters. The maximum absolute atomic E-state index is 5.95. The Kier molecular flexibility index (Phi) is 4.12. The number of nitrogens with zero attached hydrogens (tertiary/aromatic N) is 1. The summed E-state index contributed by atoms with van der Waals surface area (Å²) in [6.45, 7) is 2.61. The van der Waals surface area contributed by atoms with E-state index in [0.29, 0.717) is 6.61 Å². The minimum atomic E-state index is 0.114. The molecule has 2 rings (SSSR count). The smallest absolute Gasteiger partial charge is 0.140 e. The molecule has 0 aliphatic heterocycles. The first-order valence-corrected chi connectivity index (χ1v) is 6.54. The molecular formula is C13H16N2OS. The minimum Gasteiger partial charge on any atom is -0.486 e. The van der Waals surface area contributed by atoms with Crippen molar-refractivity contribution in [1.29, 1.82) is 0 Å². The van der Waals surface area contributed by atoms with Crippen molar-refractivity contribution in [1.82, 2.24) is 4.98 Å². The molecule has 0 fully saturated rings. The largest absolute Gasteiger partial charge is 0.486 e. The molecule has 1 aromatic carbocycles. The number of hydrogen-bond acceptors (Lipinski definition) is 4.